The molecule has 1 aromatic heterocycles. The molecule has 1 aliphatic rings. The molecule has 0 radical (unpaired) electrons. The Balaban J connectivity index is 2.15. The SMILES string of the molecule is CCS(=O)(=O)N1CC(C)(C)c2cc(-c3ccc(C#N)n3C)ccc21. The van der Waals surface area contributed by atoms with Gasteiger partial charge in [-0.2, -0.15) is 5.26 Å². The molecule has 1 aromatic carbocycles. The van der Waals surface area contributed by atoms with E-state index in [0.29, 0.717) is 12.2 Å². The third-order valence-electron chi connectivity index (χ3n) is 4.77. The average molecular weight is 343 g/mol. The van der Waals surface area contributed by atoms with E-state index < -0.39 is 10.0 Å². The Labute approximate surface area is 143 Å². The van der Waals surface area contributed by atoms with Gasteiger partial charge in [-0.25, -0.2) is 8.42 Å². The molecular formula is C18H21N3O2S. The Bertz CT molecular complexity index is 949. The number of benzene rings is 1. The zero-order valence-electron chi connectivity index (χ0n) is 14.4. The predicted molar refractivity (Wildman–Crippen MR) is 95.4 cm³/mol. The minimum absolute atomic E-state index is 0.0909. The van der Waals surface area contributed by atoms with E-state index in [2.05, 4.69) is 26.0 Å². The normalized spacial score (nSPS) is 16.0. The highest BCUT2D eigenvalue weighted by molar-refractivity contribution is 7.92. The van der Waals surface area contributed by atoms with E-state index in [1.54, 1.807) is 13.0 Å². The molecule has 5 nitrogen and oxygen atoms in total. The summed E-state index contributed by atoms with van der Waals surface area (Å²) in [5.74, 6) is 0.0909. The van der Waals surface area contributed by atoms with Gasteiger partial charge in [-0.15, -0.1) is 0 Å². The molecule has 0 spiro atoms. The number of hydrogen-bond acceptors (Lipinski definition) is 3. The van der Waals surface area contributed by atoms with E-state index in [9.17, 15) is 8.42 Å². The van der Waals surface area contributed by atoms with Crippen molar-refractivity contribution >= 4 is 15.7 Å². The summed E-state index contributed by atoms with van der Waals surface area (Å²) in [4.78, 5) is 0. The van der Waals surface area contributed by atoms with Crippen LogP contribution in [0.2, 0.25) is 0 Å². The Hall–Kier alpha value is -2.26. The lowest BCUT2D eigenvalue weighted by atomic mass is 9.86. The molecule has 0 fully saturated rings. The van der Waals surface area contributed by atoms with E-state index in [1.165, 1.54) is 4.31 Å². The number of rotatable bonds is 3. The van der Waals surface area contributed by atoms with Crippen molar-refractivity contribution < 1.29 is 8.42 Å². The summed E-state index contributed by atoms with van der Waals surface area (Å²) in [7, 11) is -1.42. The van der Waals surface area contributed by atoms with E-state index >= 15 is 0 Å². The van der Waals surface area contributed by atoms with Gasteiger partial charge in [-0.3, -0.25) is 4.31 Å². The highest BCUT2D eigenvalue weighted by atomic mass is 32.2. The number of sulfonamides is 1. The van der Waals surface area contributed by atoms with Crippen molar-refractivity contribution in [2.75, 3.05) is 16.6 Å². The first kappa shape index (κ1) is 16.6. The lowest BCUT2D eigenvalue weighted by Gasteiger charge is -2.21. The van der Waals surface area contributed by atoms with Crippen LogP contribution in [-0.4, -0.2) is 25.3 Å². The standard InChI is InChI=1S/C18H21N3O2S/c1-5-24(22,23)21-12-18(2,3)15-10-13(6-8-17(15)21)16-9-7-14(11-19)20(16)4/h6-10H,5,12H2,1-4H3. The second-order valence-electron chi connectivity index (χ2n) is 6.80. The minimum atomic E-state index is -3.28. The number of anilines is 1. The molecule has 2 aromatic rings. The third kappa shape index (κ3) is 2.40. The summed E-state index contributed by atoms with van der Waals surface area (Å²) in [6, 6.07) is 11.7. The van der Waals surface area contributed by atoms with Gasteiger partial charge in [0.15, 0.2) is 0 Å². The summed E-state index contributed by atoms with van der Waals surface area (Å²) in [6.45, 7) is 6.25. The lowest BCUT2D eigenvalue weighted by Crippen LogP contribution is -2.34. The Morgan fingerprint density at radius 2 is 1.96 bits per heavy atom. The molecule has 0 saturated carbocycles. The van der Waals surface area contributed by atoms with Gasteiger partial charge in [-0.1, -0.05) is 19.9 Å². The maximum absolute atomic E-state index is 12.4. The molecule has 24 heavy (non-hydrogen) atoms. The van der Waals surface area contributed by atoms with Crippen LogP contribution in [0.4, 0.5) is 5.69 Å². The van der Waals surface area contributed by atoms with E-state index in [-0.39, 0.29) is 11.2 Å². The molecule has 0 atom stereocenters. The van der Waals surface area contributed by atoms with Gasteiger partial charge in [0.2, 0.25) is 10.0 Å². The Kier molecular flexibility index (Phi) is 3.72. The van der Waals surface area contributed by atoms with Crippen molar-refractivity contribution in [2.24, 2.45) is 7.05 Å². The second-order valence-corrected chi connectivity index (χ2v) is 8.98. The summed E-state index contributed by atoms with van der Waals surface area (Å²) in [5.41, 5.74) is 4.07. The summed E-state index contributed by atoms with van der Waals surface area (Å²) in [5, 5.41) is 9.12. The van der Waals surface area contributed by atoms with Gasteiger partial charge in [-0.05, 0) is 42.3 Å². The lowest BCUT2D eigenvalue weighted by molar-refractivity contribution is 0.555. The van der Waals surface area contributed by atoms with Gasteiger partial charge < -0.3 is 4.57 Å². The van der Waals surface area contributed by atoms with E-state index in [4.69, 9.17) is 5.26 Å². The van der Waals surface area contributed by atoms with Crippen LogP contribution in [0.5, 0.6) is 0 Å². The van der Waals surface area contributed by atoms with E-state index in [1.807, 2.05) is 29.8 Å². The van der Waals surface area contributed by atoms with Crippen molar-refractivity contribution in [3.05, 3.63) is 41.6 Å². The monoisotopic (exact) mass is 343 g/mol. The van der Waals surface area contributed by atoms with Gasteiger partial charge >= 0.3 is 0 Å². The van der Waals surface area contributed by atoms with Gasteiger partial charge in [0.25, 0.3) is 0 Å². The Morgan fingerprint density at radius 3 is 2.54 bits per heavy atom. The highest BCUT2D eigenvalue weighted by Crippen LogP contribution is 2.43. The van der Waals surface area contributed by atoms with Crippen LogP contribution in [-0.2, 0) is 22.5 Å². The van der Waals surface area contributed by atoms with Gasteiger partial charge in [0, 0.05) is 24.7 Å². The topological polar surface area (TPSA) is 66.1 Å². The van der Waals surface area contributed by atoms with Gasteiger partial charge in [0.1, 0.15) is 11.8 Å². The van der Waals surface area contributed by atoms with Crippen LogP contribution < -0.4 is 4.31 Å². The number of nitriles is 1. The first-order valence-electron chi connectivity index (χ1n) is 7.92. The molecule has 2 heterocycles. The zero-order valence-corrected chi connectivity index (χ0v) is 15.2. The second kappa shape index (κ2) is 5.38. The minimum Gasteiger partial charge on any atom is -0.335 e. The average Bonchev–Trinajstić information content (AvgIpc) is 3.05. The van der Waals surface area contributed by atoms with Crippen molar-refractivity contribution in [3.63, 3.8) is 0 Å². The molecule has 3 rings (SSSR count). The summed E-state index contributed by atoms with van der Waals surface area (Å²) < 4.78 is 28.2. The molecule has 0 bridgehead atoms. The molecule has 0 amide bonds. The molecule has 1 aliphatic heterocycles. The molecular weight excluding hydrogens is 322 g/mol. The molecule has 0 N–H and O–H groups in total. The number of fused-ring (bicyclic) bond motifs is 1. The van der Waals surface area contributed by atoms with Crippen molar-refractivity contribution in [1.82, 2.24) is 4.57 Å². The fourth-order valence-electron chi connectivity index (χ4n) is 3.30. The number of aromatic nitrogens is 1. The molecule has 6 heteroatoms. The van der Waals surface area contributed by atoms with Crippen LogP contribution in [0.3, 0.4) is 0 Å². The fraction of sp³-hybridized carbons (Fsp3) is 0.389. The number of hydrogen-bond donors (Lipinski definition) is 0. The highest BCUT2D eigenvalue weighted by Gasteiger charge is 2.40. The van der Waals surface area contributed by atoms with Gasteiger partial charge in [0.05, 0.1) is 11.4 Å². The van der Waals surface area contributed by atoms with E-state index in [0.717, 1.165) is 22.5 Å². The maximum atomic E-state index is 12.4. The van der Waals surface area contributed by atoms with Crippen LogP contribution >= 0.6 is 0 Å². The molecule has 0 aliphatic carbocycles. The van der Waals surface area contributed by atoms with Crippen LogP contribution in [0.1, 0.15) is 32.0 Å². The van der Waals surface area contributed by atoms with Crippen molar-refractivity contribution in [1.29, 1.82) is 5.26 Å². The van der Waals surface area contributed by atoms with Crippen LogP contribution in [0.15, 0.2) is 30.3 Å². The quantitative estimate of drug-likeness (QED) is 0.860. The zero-order chi connectivity index (χ0) is 17.7. The number of nitrogens with zero attached hydrogens (tertiary/aromatic N) is 3. The van der Waals surface area contributed by atoms with Crippen LogP contribution in [0, 0.1) is 11.3 Å². The third-order valence-corrected chi connectivity index (χ3v) is 6.49. The Morgan fingerprint density at radius 1 is 1.25 bits per heavy atom. The predicted octanol–water partition coefficient (Wildman–Crippen LogP) is 3.01. The smallest absolute Gasteiger partial charge is 0.234 e. The summed E-state index contributed by atoms with van der Waals surface area (Å²) >= 11 is 0. The largest absolute Gasteiger partial charge is 0.335 e. The maximum Gasteiger partial charge on any atom is 0.234 e. The van der Waals surface area contributed by atoms with Crippen molar-refractivity contribution in [2.45, 2.75) is 26.2 Å². The van der Waals surface area contributed by atoms with Crippen LogP contribution in [0.25, 0.3) is 11.3 Å². The molecule has 126 valence electrons. The van der Waals surface area contributed by atoms with Crippen molar-refractivity contribution in [3.8, 4) is 17.3 Å². The first-order chi connectivity index (χ1) is 11.2. The fourth-order valence-corrected chi connectivity index (χ4v) is 4.59. The molecule has 0 unspecified atom stereocenters. The summed E-state index contributed by atoms with van der Waals surface area (Å²) in [6.07, 6.45) is 0. The molecule has 0 saturated heterocycles. The first-order valence-corrected chi connectivity index (χ1v) is 9.53.